The summed E-state index contributed by atoms with van der Waals surface area (Å²) in [6.45, 7) is 1.97. The van der Waals surface area contributed by atoms with Gasteiger partial charge in [0.15, 0.2) is 5.76 Å². The van der Waals surface area contributed by atoms with Crippen LogP contribution in [0.25, 0.3) is 17.0 Å². The van der Waals surface area contributed by atoms with Gasteiger partial charge in [-0.2, -0.15) is 0 Å². The molecule has 22 heavy (non-hydrogen) atoms. The Bertz CT molecular complexity index is 823. The van der Waals surface area contributed by atoms with Gasteiger partial charge < -0.3 is 9.15 Å². The molecule has 2 aromatic carbocycles. The lowest BCUT2D eigenvalue weighted by molar-refractivity contribution is 0.102. The minimum atomic E-state index is -0.148. The minimum Gasteiger partial charge on any atom is -0.496 e. The van der Waals surface area contributed by atoms with Gasteiger partial charge in [0.25, 0.3) is 0 Å². The molecule has 0 unspecified atom stereocenters. The van der Waals surface area contributed by atoms with Gasteiger partial charge in [0.2, 0.25) is 5.78 Å². The van der Waals surface area contributed by atoms with Crippen LogP contribution in [-0.2, 0) is 0 Å². The summed E-state index contributed by atoms with van der Waals surface area (Å²) in [5.41, 5.74) is 2.70. The summed E-state index contributed by atoms with van der Waals surface area (Å²) >= 11 is 0. The summed E-state index contributed by atoms with van der Waals surface area (Å²) in [6.07, 6.45) is 3.31. The second-order valence-corrected chi connectivity index (χ2v) is 5.08. The molecule has 0 saturated carbocycles. The van der Waals surface area contributed by atoms with E-state index in [2.05, 4.69) is 0 Å². The highest BCUT2D eigenvalue weighted by Gasteiger charge is 2.09. The number of ether oxygens (including phenoxy) is 1. The van der Waals surface area contributed by atoms with E-state index >= 15 is 0 Å². The van der Waals surface area contributed by atoms with E-state index in [9.17, 15) is 4.79 Å². The Kier molecular flexibility index (Phi) is 3.79. The summed E-state index contributed by atoms with van der Waals surface area (Å²) in [7, 11) is 1.64. The number of para-hydroxylation sites is 1. The largest absolute Gasteiger partial charge is 0.496 e. The van der Waals surface area contributed by atoms with Gasteiger partial charge in [0.1, 0.15) is 11.3 Å². The molecule has 1 heterocycles. The number of allylic oxidation sites excluding steroid dienone is 1. The molecular formula is C19H16O3. The lowest BCUT2D eigenvalue weighted by atomic mass is 10.1. The normalized spacial score (nSPS) is 11.2. The number of fused-ring (bicyclic) bond motifs is 1. The number of aryl methyl sites for hydroxylation is 1. The van der Waals surface area contributed by atoms with E-state index in [0.29, 0.717) is 5.76 Å². The SMILES string of the molecule is COc1ccc(/C=C/C(=O)c2cc3ccccc3o2)cc1C. The molecule has 0 spiro atoms. The molecule has 1 aromatic heterocycles. The molecule has 0 bridgehead atoms. The van der Waals surface area contributed by atoms with Gasteiger partial charge in [-0.3, -0.25) is 4.79 Å². The summed E-state index contributed by atoms with van der Waals surface area (Å²) in [5, 5.41) is 0.930. The van der Waals surface area contributed by atoms with E-state index in [1.807, 2.05) is 49.4 Å². The van der Waals surface area contributed by atoms with E-state index in [0.717, 1.165) is 27.8 Å². The van der Waals surface area contributed by atoms with Gasteiger partial charge in [0, 0.05) is 5.39 Å². The molecule has 0 radical (unpaired) electrons. The smallest absolute Gasteiger partial charge is 0.221 e. The maximum absolute atomic E-state index is 12.2. The zero-order valence-corrected chi connectivity index (χ0v) is 12.5. The zero-order valence-electron chi connectivity index (χ0n) is 12.5. The van der Waals surface area contributed by atoms with Crippen LogP contribution >= 0.6 is 0 Å². The van der Waals surface area contributed by atoms with Crippen molar-refractivity contribution in [2.75, 3.05) is 7.11 Å². The molecule has 3 aromatic rings. The van der Waals surface area contributed by atoms with Gasteiger partial charge in [0.05, 0.1) is 7.11 Å². The average Bonchev–Trinajstić information content (AvgIpc) is 2.97. The van der Waals surface area contributed by atoms with E-state index in [-0.39, 0.29) is 5.78 Å². The van der Waals surface area contributed by atoms with Crippen molar-refractivity contribution in [1.82, 2.24) is 0 Å². The van der Waals surface area contributed by atoms with Crippen molar-refractivity contribution >= 4 is 22.8 Å². The Hall–Kier alpha value is -2.81. The van der Waals surface area contributed by atoms with Crippen molar-refractivity contribution in [3.63, 3.8) is 0 Å². The van der Waals surface area contributed by atoms with Gasteiger partial charge in [-0.25, -0.2) is 0 Å². The van der Waals surface area contributed by atoms with Gasteiger partial charge in [-0.1, -0.05) is 30.3 Å². The first kappa shape index (κ1) is 14.1. The van der Waals surface area contributed by atoms with Crippen molar-refractivity contribution in [3.8, 4) is 5.75 Å². The Morgan fingerprint density at radius 1 is 1.14 bits per heavy atom. The van der Waals surface area contributed by atoms with Crippen LogP contribution in [0.15, 0.2) is 59.0 Å². The molecule has 0 aliphatic heterocycles. The minimum absolute atomic E-state index is 0.148. The standard InChI is InChI=1S/C19H16O3/c1-13-11-14(8-10-17(13)21-2)7-9-16(20)19-12-15-5-3-4-6-18(15)22-19/h3-12H,1-2H3/b9-7+. The third-order valence-electron chi connectivity index (χ3n) is 3.51. The van der Waals surface area contributed by atoms with E-state index in [1.54, 1.807) is 19.3 Å². The maximum atomic E-state index is 12.2. The molecule has 3 rings (SSSR count). The van der Waals surface area contributed by atoms with Crippen LogP contribution in [0.1, 0.15) is 21.7 Å². The molecule has 0 aliphatic rings. The van der Waals surface area contributed by atoms with Crippen LogP contribution in [-0.4, -0.2) is 12.9 Å². The van der Waals surface area contributed by atoms with E-state index in [1.165, 1.54) is 6.08 Å². The Morgan fingerprint density at radius 2 is 1.95 bits per heavy atom. The number of hydrogen-bond acceptors (Lipinski definition) is 3. The van der Waals surface area contributed by atoms with Crippen LogP contribution in [0.4, 0.5) is 0 Å². The number of methoxy groups -OCH3 is 1. The number of rotatable bonds is 4. The van der Waals surface area contributed by atoms with Crippen LogP contribution in [0.3, 0.4) is 0 Å². The maximum Gasteiger partial charge on any atom is 0.221 e. The second-order valence-electron chi connectivity index (χ2n) is 5.08. The Morgan fingerprint density at radius 3 is 2.68 bits per heavy atom. The number of hydrogen-bond donors (Lipinski definition) is 0. The number of carbonyl (C=O) groups excluding carboxylic acids is 1. The second kappa shape index (κ2) is 5.90. The Labute approximate surface area is 128 Å². The summed E-state index contributed by atoms with van der Waals surface area (Å²) < 4.78 is 10.8. The third-order valence-corrected chi connectivity index (χ3v) is 3.51. The first-order valence-electron chi connectivity index (χ1n) is 7.03. The molecule has 3 heteroatoms. The van der Waals surface area contributed by atoms with Crippen LogP contribution < -0.4 is 4.74 Å². The molecule has 0 amide bonds. The summed E-state index contributed by atoms with van der Waals surface area (Å²) in [4.78, 5) is 12.2. The fourth-order valence-electron chi connectivity index (χ4n) is 2.36. The van der Waals surface area contributed by atoms with Gasteiger partial charge in [-0.15, -0.1) is 0 Å². The summed E-state index contributed by atoms with van der Waals surface area (Å²) in [6, 6.07) is 15.1. The fourth-order valence-corrected chi connectivity index (χ4v) is 2.36. The van der Waals surface area contributed by atoms with E-state index in [4.69, 9.17) is 9.15 Å². The lowest BCUT2D eigenvalue weighted by Crippen LogP contribution is -1.91. The van der Waals surface area contributed by atoms with E-state index < -0.39 is 0 Å². The molecule has 0 fully saturated rings. The highest BCUT2D eigenvalue weighted by atomic mass is 16.5. The molecule has 0 aliphatic carbocycles. The van der Waals surface area contributed by atoms with Crippen LogP contribution in [0.5, 0.6) is 5.75 Å². The molecule has 0 N–H and O–H groups in total. The van der Waals surface area contributed by atoms with Crippen molar-refractivity contribution < 1.29 is 13.9 Å². The van der Waals surface area contributed by atoms with Crippen molar-refractivity contribution in [3.05, 3.63) is 71.5 Å². The Balaban J connectivity index is 1.82. The lowest BCUT2D eigenvalue weighted by Gasteiger charge is -2.04. The monoisotopic (exact) mass is 292 g/mol. The number of carbonyl (C=O) groups is 1. The molecule has 3 nitrogen and oxygen atoms in total. The number of benzene rings is 2. The molecule has 0 atom stereocenters. The number of ketones is 1. The average molecular weight is 292 g/mol. The quantitative estimate of drug-likeness (QED) is 0.519. The van der Waals surface area contributed by atoms with Crippen LogP contribution in [0.2, 0.25) is 0 Å². The summed E-state index contributed by atoms with van der Waals surface area (Å²) in [5.74, 6) is 1.04. The molecule has 110 valence electrons. The molecular weight excluding hydrogens is 276 g/mol. The first-order valence-corrected chi connectivity index (χ1v) is 7.03. The van der Waals surface area contributed by atoms with Crippen LogP contribution in [0, 0.1) is 6.92 Å². The van der Waals surface area contributed by atoms with Crippen molar-refractivity contribution in [2.45, 2.75) is 6.92 Å². The molecule has 0 saturated heterocycles. The van der Waals surface area contributed by atoms with Crippen molar-refractivity contribution in [2.24, 2.45) is 0 Å². The zero-order chi connectivity index (χ0) is 15.5. The highest BCUT2D eigenvalue weighted by Crippen LogP contribution is 2.21. The fraction of sp³-hybridized carbons (Fsp3) is 0.105. The van der Waals surface area contributed by atoms with Crippen molar-refractivity contribution in [1.29, 1.82) is 0 Å². The van der Waals surface area contributed by atoms with Gasteiger partial charge >= 0.3 is 0 Å². The third kappa shape index (κ3) is 2.79. The number of furan rings is 1. The predicted octanol–water partition coefficient (Wildman–Crippen LogP) is 4.65. The van der Waals surface area contributed by atoms with Gasteiger partial charge in [-0.05, 0) is 48.4 Å². The predicted molar refractivity (Wildman–Crippen MR) is 87.3 cm³/mol. The first-order chi connectivity index (χ1) is 10.7. The topological polar surface area (TPSA) is 39.4 Å². The highest BCUT2D eigenvalue weighted by molar-refractivity contribution is 6.06.